The first kappa shape index (κ1) is 17.0. The van der Waals surface area contributed by atoms with Gasteiger partial charge in [-0.1, -0.05) is 19.3 Å². The summed E-state index contributed by atoms with van der Waals surface area (Å²) in [5, 5.41) is 5.91. The van der Waals surface area contributed by atoms with Gasteiger partial charge in [0.25, 0.3) is 5.56 Å². The van der Waals surface area contributed by atoms with Crippen molar-refractivity contribution in [3.05, 3.63) is 39.7 Å². The van der Waals surface area contributed by atoms with Crippen molar-refractivity contribution in [1.82, 2.24) is 4.57 Å². The molecule has 6 nitrogen and oxygen atoms in total. The number of hydrogen-bond donors (Lipinski definition) is 1. The minimum Gasteiger partial charge on any atom is -0.371 e. The molecule has 24 heavy (non-hydrogen) atoms. The Hall–Kier alpha value is -1.86. The smallest absolute Gasteiger partial charge is 0.371 e. The van der Waals surface area contributed by atoms with Crippen LogP contribution in [0.3, 0.4) is 0 Å². The molecule has 0 unspecified atom stereocenters. The number of aryl methyl sites for hydroxylation is 2. The van der Waals surface area contributed by atoms with Crippen molar-refractivity contribution in [3.8, 4) is 5.75 Å². The molecule has 1 aromatic heterocycles. The van der Waals surface area contributed by atoms with Crippen molar-refractivity contribution in [2.75, 3.05) is 0 Å². The molecule has 2 N–H and O–H groups in total. The maximum absolute atomic E-state index is 12.8. The molecule has 3 rings (SSSR count). The molecule has 0 atom stereocenters. The van der Waals surface area contributed by atoms with Gasteiger partial charge in [-0.05, 0) is 43.4 Å². The van der Waals surface area contributed by atoms with Crippen LogP contribution in [-0.2, 0) is 30.2 Å². The fourth-order valence-electron chi connectivity index (χ4n) is 3.51. The predicted octanol–water partition coefficient (Wildman–Crippen LogP) is 2.17. The van der Waals surface area contributed by atoms with Gasteiger partial charge >= 0.3 is 10.3 Å². The highest BCUT2D eigenvalue weighted by atomic mass is 32.2. The first-order chi connectivity index (χ1) is 11.4. The molecule has 0 bridgehead atoms. The number of nitrogens with two attached hydrogens (primary N) is 1. The lowest BCUT2D eigenvalue weighted by molar-refractivity contribution is 0.488. The highest BCUT2D eigenvalue weighted by molar-refractivity contribution is 7.84. The van der Waals surface area contributed by atoms with Crippen LogP contribution in [0.15, 0.2) is 23.0 Å². The summed E-state index contributed by atoms with van der Waals surface area (Å²) >= 11 is 0. The minimum absolute atomic E-state index is 0.00726. The quantitative estimate of drug-likeness (QED) is 0.898. The first-order valence-electron chi connectivity index (χ1n) is 8.23. The molecule has 0 aliphatic heterocycles. The van der Waals surface area contributed by atoms with Crippen LogP contribution >= 0.6 is 0 Å². The summed E-state index contributed by atoms with van der Waals surface area (Å²) in [5.41, 5.74) is 2.65. The van der Waals surface area contributed by atoms with Crippen LogP contribution in [-0.4, -0.2) is 13.0 Å². The Morgan fingerprint density at radius 3 is 2.33 bits per heavy atom. The van der Waals surface area contributed by atoms with E-state index in [9.17, 15) is 13.2 Å². The molecule has 0 radical (unpaired) electrons. The van der Waals surface area contributed by atoms with E-state index in [0.29, 0.717) is 5.52 Å². The minimum atomic E-state index is -4.09. The zero-order chi connectivity index (χ0) is 17.3. The third-order valence-corrected chi connectivity index (χ3v) is 5.07. The van der Waals surface area contributed by atoms with Crippen LogP contribution in [0.2, 0.25) is 0 Å². The van der Waals surface area contributed by atoms with Crippen molar-refractivity contribution >= 4 is 21.2 Å². The average Bonchev–Trinajstić information content (AvgIpc) is 2.63. The molecule has 130 valence electrons. The maximum Gasteiger partial charge on any atom is 0.380 e. The Morgan fingerprint density at radius 1 is 1.04 bits per heavy atom. The van der Waals surface area contributed by atoms with E-state index in [4.69, 9.17) is 9.32 Å². The maximum atomic E-state index is 12.8. The van der Waals surface area contributed by atoms with Crippen molar-refractivity contribution in [1.29, 1.82) is 0 Å². The third-order valence-electron chi connectivity index (χ3n) is 4.65. The van der Waals surface area contributed by atoms with Crippen molar-refractivity contribution in [2.45, 2.75) is 44.9 Å². The number of aromatic nitrogens is 1. The van der Waals surface area contributed by atoms with E-state index in [-0.39, 0.29) is 11.3 Å². The van der Waals surface area contributed by atoms with E-state index in [2.05, 4.69) is 0 Å². The van der Waals surface area contributed by atoms with Gasteiger partial charge in [0.15, 0.2) is 0 Å². The summed E-state index contributed by atoms with van der Waals surface area (Å²) in [6.07, 6.45) is 7.29. The number of pyridine rings is 1. The Bertz CT molecular complexity index is 932. The van der Waals surface area contributed by atoms with Crippen molar-refractivity contribution in [2.24, 2.45) is 12.2 Å². The number of benzene rings is 1. The Balaban J connectivity index is 2.20. The van der Waals surface area contributed by atoms with Crippen LogP contribution in [0.5, 0.6) is 5.75 Å². The molecule has 0 amide bonds. The number of hydrogen-bond acceptors (Lipinski definition) is 4. The van der Waals surface area contributed by atoms with Crippen LogP contribution in [0.25, 0.3) is 10.9 Å². The van der Waals surface area contributed by atoms with Gasteiger partial charge < -0.3 is 8.75 Å². The molecule has 1 heterocycles. The van der Waals surface area contributed by atoms with Crippen LogP contribution in [0.1, 0.15) is 43.2 Å². The van der Waals surface area contributed by atoms with Gasteiger partial charge in [-0.2, -0.15) is 13.6 Å². The van der Waals surface area contributed by atoms with Gasteiger partial charge in [-0.15, -0.1) is 0 Å². The predicted molar refractivity (Wildman–Crippen MR) is 93.4 cm³/mol. The molecule has 0 spiro atoms. The van der Waals surface area contributed by atoms with E-state index in [1.165, 1.54) is 12.8 Å². The molecule has 1 aromatic carbocycles. The highest BCUT2D eigenvalue weighted by Crippen LogP contribution is 2.28. The van der Waals surface area contributed by atoms with Gasteiger partial charge in [0.1, 0.15) is 5.75 Å². The largest absolute Gasteiger partial charge is 0.380 e. The average molecular weight is 350 g/mol. The summed E-state index contributed by atoms with van der Waals surface area (Å²) in [7, 11) is -2.38. The van der Waals surface area contributed by atoms with E-state index in [1.54, 1.807) is 23.7 Å². The lowest BCUT2D eigenvalue weighted by Crippen LogP contribution is -2.24. The van der Waals surface area contributed by atoms with E-state index >= 15 is 0 Å². The second kappa shape index (κ2) is 6.57. The summed E-state index contributed by atoms with van der Waals surface area (Å²) in [5.74, 6) is 0.114. The van der Waals surface area contributed by atoms with E-state index < -0.39 is 10.3 Å². The lowest BCUT2D eigenvalue weighted by Gasteiger charge is -2.16. The van der Waals surface area contributed by atoms with E-state index in [0.717, 1.165) is 48.6 Å². The number of fused-ring (bicyclic) bond motifs is 3. The standard InChI is InChI=1S/C17H22N2O4S/c1-19-16-11-12(23-24(18,21)22)9-10-14(16)13-7-5-3-2-4-6-8-15(13)17(19)20/h9-11H,2-8H2,1H3,(H2,18,21,22). The van der Waals surface area contributed by atoms with Gasteiger partial charge in [-0.3, -0.25) is 4.79 Å². The van der Waals surface area contributed by atoms with Crippen molar-refractivity contribution < 1.29 is 12.6 Å². The number of rotatable bonds is 2. The second-order valence-corrected chi connectivity index (χ2v) is 7.50. The molecule has 0 saturated carbocycles. The van der Waals surface area contributed by atoms with Crippen molar-refractivity contribution in [3.63, 3.8) is 0 Å². The van der Waals surface area contributed by atoms with E-state index in [1.807, 2.05) is 6.07 Å². The van der Waals surface area contributed by atoms with Gasteiger partial charge in [-0.25, -0.2) is 0 Å². The molecular formula is C17H22N2O4S. The van der Waals surface area contributed by atoms with Crippen LogP contribution in [0, 0.1) is 0 Å². The van der Waals surface area contributed by atoms with Gasteiger partial charge in [0.05, 0.1) is 5.52 Å². The fraction of sp³-hybridized carbons (Fsp3) is 0.471. The molecule has 1 aliphatic carbocycles. The molecule has 1 aliphatic rings. The highest BCUT2D eigenvalue weighted by Gasteiger charge is 2.17. The van der Waals surface area contributed by atoms with Gasteiger partial charge in [0, 0.05) is 24.1 Å². The lowest BCUT2D eigenvalue weighted by atomic mass is 9.96. The Labute approximate surface area is 141 Å². The molecule has 7 heteroatoms. The molecule has 0 saturated heterocycles. The number of nitrogens with zero attached hydrogens (tertiary/aromatic N) is 1. The Kier molecular flexibility index (Phi) is 4.64. The monoisotopic (exact) mass is 350 g/mol. The van der Waals surface area contributed by atoms with Crippen LogP contribution < -0.4 is 14.9 Å². The zero-order valence-electron chi connectivity index (χ0n) is 13.7. The fourth-order valence-corrected chi connectivity index (χ4v) is 3.88. The third kappa shape index (κ3) is 3.47. The SMILES string of the molecule is Cn1c(=O)c2c(c3ccc(OS(N)(=O)=O)cc31)CCCCCCC2. The summed E-state index contributed by atoms with van der Waals surface area (Å²) in [4.78, 5) is 12.8. The molecule has 2 aromatic rings. The second-order valence-electron chi connectivity index (χ2n) is 6.34. The Morgan fingerprint density at radius 2 is 1.67 bits per heavy atom. The molecular weight excluding hydrogens is 328 g/mol. The zero-order valence-corrected chi connectivity index (χ0v) is 14.6. The topological polar surface area (TPSA) is 91.4 Å². The molecule has 0 fully saturated rings. The van der Waals surface area contributed by atoms with Gasteiger partial charge in [0.2, 0.25) is 0 Å². The summed E-state index contributed by atoms with van der Waals surface area (Å²) in [6, 6.07) is 4.98. The normalized spacial score (nSPS) is 16.1. The van der Waals surface area contributed by atoms with Crippen LogP contribution in [0.4, 0.5) is 0 Å². The first-order valence-corrected chi connectivity index (χ1v) is 9.70. The summed E-state index contributed by atoms with van der Waals surface area (Å²) in [6.45, 7) is 0. The summed E-state index contributed by atoms with van der Waals surface area (Å²) < 4.78 is 28.6.